The first-order chi connectivity index (χ1) is 10.7. The second-order valence-corrected chi connectivity index (χ2v) is 5.09. The van der Waals surface area contributed by atoms with E-state index in [0.29, 0.717) is 17.0 Å². The molecular formula is C17H12N4O. The fourth-order valence-corrected chi connectivity index (χ4v) is 2.92. The van der Waals surface area contributed by atoms with Crippen molar-refractivity contribution in [3.8, 4) is 0 Å². The maximum Gasteiger partial charge on any atom is 0.262 e. The summed E-state index contributed by atoms with van der Waals surface area (Å²) in [5.74, 6) is 0.602. The molecule has 0 radical (unpaired) electrons. The van der Waals surface area contributed by atoms with Gasteiger partial charge >= 0.3 is 0 Å². The standard InChI is InChI=1S/C17H12N4O/c1-3-10-11-6-4-8-18-15(11)20-14(10)13-12-7-5-9-19-16(12)21(2)17(13)22/h3,5-7,9H,1-2H3,(H,18,20)/b10-3+,14-13-. The summed E-state index contributed by atoms with van der Waals surface area (Å²) in [6, 6.07) is 8.43. The van der Waals surface area contributed by atoms with Crippen molar-refractivity contribution in [3.05, 3.63) is 52.8 Å². The van der Waals surface area contributed by atoms with E-state index in [0.717, 1.165) is 21.5 Å². The number of anilines is 1. The molecule has 1 aliphatic rings. The highest BCUT2D eigenvalue weighted by Crippen LogP contribution is 2.31. The zero-order chi connectivity index (χ0) is 15.3. The molecule has 5 heteroatoms. The van der Waals surface area contributed by atoms with E-state index in [1.807, 2.05) is 31.2 Å². The number of aromatic nitrogens is 3. The molecule has 0 spiro atoms. The molecule has 4 rings (SSSR count). The molecule has 4 heterocycles. The molecule has 5 nitrogen and oxygen atoms in total. The van der Waals surface area contributed by atoms with E-state index in [-0.39, 0.29) is 5.91 Å². The number of nitrogens with one attached hydrogen (secondary N) is 1. The van der Waals surface area contributed by atoms with Gasteiger partial charge in [0, 0.05) is 41.7 Å². The molecule has 0 fully saturated rings. The SMILES string of the molecule is C/C=c1/c(=C2/C(=O)N(C)c3ncccc32)[nH]c2nc#ccc12. The number of amides is 1. The minimum atomic E-state index is -0.0729. The molecule has 22 heavy (non-hydrogen) atoms. The Labute approximate surface area is 126 Å². The van der Waals surface area contributed by atoms with Crippen LogP contribution in [0.15, 0.2) is 24.4 Å². The number of H-pyrrole nitrogens is 1. The van der Waals surface area contributed by atoms with Gasteiger partial charge in [0.25, 0.3) is 5.91 Å². The summed E-state index contributed by atoms with van der Waals surface area (Å²) in [5.41, 5.74) is 2.15. The molecule has 0 aromatic carbocycles. The second kappa shape index (κ2) is 4.43. The third-order valence-corrected chi connectivity index (χ3v) is 3.94. The summed E-state index contributed by atoms with van der Waals surface area (Å²) in [7, 11) is 1.74. The van der Waals surface area contributed by atoms with Crippen LogP contribution < -0.4 is 15.5 Å². The summed E-state index contributed by atoms with van der Waals surface area (Å²) in [6.45, 7) is 1.94. The smallest absolute Gasteiger partial charge is 0.262 e. The van der Waals surface area contributed by atoms with Crippen LogP contribution in [-0.4, -0.2) is 27.9 Å². The number of hydrogen-bond acceptors (Lipinski definition) is 3. The van der Waals surface area contributed by atoms with Gasteiger partial charge in [-0.2, -0.15) is 4.98 Å². The van der Waals surface area contributed by atoms with Crippen molar-refractivity contribution < 1.29 is 4.79 Å². The van der Waals surface area contributed by atoms with Gasteiger partial charge < -0.3 is 4.98 Å². The van der Waals surface area contributed by atoms with Crippen molar-refractivity contribution in [1.82, 2.24) is 15.0 Å². The topological polar surface area (TPSA) is 61.9 Å². The lowest BCUT2D eigenvalue weighted by atomic mass is 10.1. The van der Waals surface area contributed by atoms with Gasteiger partial charge in [0.1, 0.15) is 11.5 Å². The van der Waals surface area contributed by atoms with E-state index < -0.39 is 0 Å². The molecule has 0 unspecified atom stereocenters. The Balaban J connectivity index is 2.23. The lowest BCUT2D eigenvalue weighted by Crippen LogP contribution is -2.31. The molecular weight excluding hydrogens is 276 g/mol. The van der Waals surface area contributed by atoms with Crippen LogP contribution in [0.4, 0.5) is 5.82 Å². The lowest BCUT2D eigenvalue weighted by molar-refractivity contribution is -0.112. The molecule has 106 valence electrons. The van der Waals surface area contributed by atoms with Crippen molar-refractivity contribution >= 4 is 34.4 Å². The van der Waals surface area contributed by atoms with Crippen LogP contribution in [-0.2, 0) is 4.79 Å². The first-order valence-electron chi connectivity index (χ1n) is 6.93. The highest BCUT2D eigenvalue weighted by Gasteiger charge is 2.32. The van der Waals surface area contributed by atoms with Gasteiger partial charge in [-0.25, -0.2) is 4.98 Å². The average molecular weight is 288 g/mol. The van der Waals surface area contributed by atoms with Crippen molar-refractivity contribution in [2.75, 3.05) is 11.9 Å². The van der Waals surface area contributed by atoms with Gasteiger partial charge in [-0.3, -0.25) is 9.69 Å². The van der Waals surface area contributed by atoms with E-state index in [1.54, 1.807) is 18.1 Å². The fourth-order valence-electron chi connectivity index (χ4n) is 2.92. The third-order valence-electron chi connectivity index (χ3n) is 3.94. The zero-order valence-electron chi connectivity index (χ0n) is 12.1. The number of hydrogen-bond donors (Lipinski definition) is 1. The van der Waals surface area contributed by atoms with E-state index in [4.69, 9.17) is 0 Å². The van der Waals surface area contributed by atoms with Crippen molar-refractivity contribution in [2.24, 2.45) is 0 Å². The number of pyridine rings is 1. The Morgan fingerprint density at radius 3 is 3.09 bits per heavy atom. The van der Waals surface area contributed by atoms with Crippen molar-refractivity contribution in [1.29, 1.82) is 0 Å². The highest BCUT2D eigenvalue weighted by molar-refractivity contribution is 6.31. The number of likely N-dealkylation sites (N-methyl/N-ethyl adjacent to an activating group) is 1. The van der Waals surface area contributed by atoms with Crippen LogP contribution in [0.5, 0.6) is 0 Å². The average Bonchev–Trinajstić information content (AvgIpc) is 3.03. The maximum absolute atomic E-state index is 12.7. The van der Waals surface area contributed by atoms with Crippen molar-refractivity contribution in [3.63, 3.8) is 0 Å². The Morgan fingerprint density at radius 2 is 2.27 bits per heavy atom. The Bertz CT molecular complexity index is 1030. The molecule has 0 saturated carbocycles. The summed E-state index contributed by atoms with van der Waals surface area (Å²) < 4.78 is 0. The molecule has 1 aliphatic heterocycles. The minimum Gasteiger partial charge on any atom is -0.338 e. The predicted octanol–water partition coefficient (Wildman–Crippen LogP) is 0.534. The van der Waals surface area contributed by atoms with Gasteiger partial charge in [-0.15, -0.1) is 0 Å². The van der Waals surface area contributed by atoms with E-state index >= 15 is 0 Å². The zero-order valence-corrected chi connectivity index (χ0v) is 12.1. The maximum atomic E-state index is 12.7. The highest BCUT2D eigenvalue weighted by atomic mass is 16.2. The van der Waals surface area contributed by atoms with Gasteiger partial charge in [0.2, 0.25) is 0 Å². The van der Waals surface area contributed by atoms with Crippen LogP contribution in [0.1, 0.15) is 12.5 Å². The predicted molar refractivity (Wildman–Crippen MR) is 83.3 cm³/mol. The Kier molecular flexibility index (Phi) is 2.54. The van der Waals surface area contributed by atoms with E-state index in [9.17, 15) is 4.79 Å². The number of carbonyl (C=O) groups is 1. The molecule has 1 amide bonds. The van der Waals surface area contributed by atoms with Crippen LogP contribution in [0.3, 0.4) is 0 Å². The lowest BCUT2D eigenvalue weighted by Gasteiger charge is -2.06. The number of fused-ring (bicyclic) bond motifs is 2. The fraction of sp³-hybridized carbons (Fsp3) is 0.118. The molecule has 0 aliphatic carbocycles. The summed E-state index contributed by atoms with van der Waals surface area (Å²) >= 11 is 0. The monoisotopic (exact) mass is 288 g/mol. The molecule has 1 N–H and O–H groups in total. The van der Waals surface area contributed by atoms with E-state index in [2.05, 4.69) is 27.2 Å². The number of aromatic amines is 1. The third kappa shape index (κ3) is 1.52. The number of nitrogens with zero attached hydrogens (tertiary/aromatic N) is 3. The normalized spacial score (nSPS) is 17.1. The van der Waals surface area contributed by atoms with Crippen LogP contribution in [0.2, 0.25) is 0 Å². The summed E-state index contributed by atoms with van der Waals surface area (Å²) in [6.07, 6.45) is 6.35. The molecule has 0 atom stereocenters. The number of rotatable bonds is 0. The van der Waals surface area contributed by atoms with Crippen molar-refractivity contribution in [2.45, 2.75) is 6.92 Å². The van der Waals surface area contributed by atoms with Crippen LogP contribution in [0.25, 0.3) is 22.7 Å². The number of carbonyl (C=O) groups excluding carboxylic acids is 1. The minimum absolute atomic E-state index is 0.0729. The van der Waals surface area contributed by atoms with Crippen LogP contribution in [0, 0.1) is 12.3 Å². The van der Waals surface area contributed by atoms with Crippen LogP contribution >= 0.6 is 0 Å². The Hall–Kier alpha value is -3.13. The Morgan fingerprint density at radius 1 is 1.41 bits per heavy atom. The molecule has 0 saturated heterocycles. The molecule has 0 bridgehead atoms. The largest absolute Gasteiger partial charge is 0.338 e. The first-order valence-corrected chi connectivity index (χ1v) is 6.93. The summed E-state index contributed by atoms with van der Waals surface area (Å²) in [5, 5.41) is 2.64. The molecule has 3 aromatic heterocycles. The van der Waals surface area contributed by atoms with Gasteiger partial charge in [0.05, 0.1) is 10.9 Å². The second-order valence-electron chi connectivity index (χ2n) is 5.09. The van der Waals surface area contributed by atoms with Gasteiger partial charge in [-0.1, -0.05) is 6.08 Å². The van der Waals surface area contributed by atoms with E-state index in [1.165, 1.54) is 0 Å². The first kappa shape index (κ1) is 12.6. The quantitative estimate of drug-likeness (QED) is 0.656. The van der Waals surface area contributed by atoms with Gasteiger partial charge in [0.15, 0.2) is 0 Å². The molecule has 3 aromatic rings. The van der Waals surface area contributed by atoms with Gasteiger partial charge in [-0.05, 0) is 25.1 Å². The summed E-state index contributed by atoms with van der Waals surface area (Å²) in [4.78, 5) is 26.0.